The topological polar surface area (TPSA) is 64.3 Å². The molecule has 3 N–H and O–H groups in total. The summed E-state index contributed by atoms with van der Waals surface area (Å²) in [6.07, 6.45) is 0.948. The Bertz CT molecular complexity index is 404. The Labute approximate surface area is 101 Å². The molecule has 0 saturated carbocycles. The lowest BCUT2D eigenvalue weighted by Gasteiger charge is -2.24. The molecule has 1 unspecified atom stereocenters. The average molecular weight is 234 g/mol. The fraction of sp³-hybridized carbons (Fsp3) is 0.462. The van der Waals surface area contributed by atoms with Crippen molar-refractivity contribution in [1.29, 1.82) is 0 Å². The Kier molecular flexibility index (Phi) is 3.07. The van der Waals surface area contributed by atoms with Gasteiger partial charge in [0, 0.05) is 13.0 Å². The van der Waals surface area contributed by atoms with Crippen molar-refractivity contribution >= 4 is 5.91 Å². The van der Waals surface area contributed by atoms with Gasteiger partial charge in [-0.15, -0.1) is 0 Å². The zero-order chi connectivity index (χ0) is 12.5. The number of fused-ring (bicyclic) bond motifs is 1. The molecule has 2 rings (SSSR count). The fourth-order valence-corrected chi connectivity index (χ4v) is 1.82. The minimum Gasteiger partial charge on any atom is -0.488 e. The maximum atomic E-state index is 11.2. The molecular weight excluding hydrogens is 216 g/mol. The summed E-state index contributed by atoms with van der Waals surface area (Å²) in [5.74, 6) is 0.587. The van der Waals surface area contributed by atoms with Gasteiger partial charge in [0.25, 0.3) is 0 Å². The molecule has 1 aromatic carbocycles. The maximum Gasteiger partial charge on any atom is 0.237 e. The summed E-state index contributed by atoms with van der Waals surface area (Å²) in [5, 5.41) is 3.14. The van der Waals surface area contributed by atoms with Crippen LogP contribution >= 0.6 is 0 Å². The summed E-state index contributed by atoms with van der Waals surface area (Å²) in [4.78, 5) is 11.2. The van der Waals surface area contributed by atoms with E-state index in [1.54, 1.807) is 13.8 Å². The molecule has 0 radical (unpaired) electrons. The highest BCUT2D eigenvalue weighted by Gasteiger charge is 2.28. The molecule has 4 nitrogen and oxygen atoms in total. The van der Waals surface area contributed by atoms with Crippen LogP contribution < -0.4 is 15.8 Å². The smallest absolute Gasteiger partial charge is 0.237 e. The second-order valence-corrected chi connectivity index (χ2v) is 4.92. The number of hydrogen-bond donors (Lipinski definition) is 2. The Hall–Kier alpha value is -1.55. The van der Waals surface area contributed by atoms with Crippen LogP contribution in [0.5, 0.6) is 5.75 Å². The van der Waals surface area contributed by atoms with Crippen LogP contribution in [0.2, 0.25) is 0 Å². The Morgan fingerprint density at radius 2 is 2.24 bits per heavy atom. The molecule has 1 amide bonds. The first kappa shape index (κ1) is 11.9. The lowest BCUT2D eigenvalue weighted by atomic mass is 10.0. The predicted molar refractivity (Wildman–Crippen MR) is 65.8 cm³/mol. The van der Waals surface area contributed by atoms with Crippen molar-refractivity contribution in [2.45, 2.75) is 31.9 Å². The third kappa shape index (κ3) is 2.58. The molecule has 1 aromatic rings. The normalized spacial score (nSPS) is 18.6. The van der Waals surface area contributed by atoms with Crippen molar-refractivity contribution in [2.75, 3.05) is 6.54 Å². The van der Waals surface area contributed by atoms with Crippen LogP contribution in [0.15, 0.2) is 24.3 Å². The minimum absolute atomic E-state index is 0.0750. The number of amides is 1. The third-order valence-corrected chi connectivity index (χ3v) is 3.10. The molecule has 0 saturated heterocycles. The van der Waals surface area contributed by atoms with E-state index in [4.69, 9.17) is 10.5 Å². The van der Waals surface area contributed by atoms with E-state index in [2.05, 4.69) is 11.4 Å². The van der Waals surface area contributed by atoms with Crippen LogP contribution in [-0.4, -0.2) is 24.1 Å². The van der Waals surface area contributed by atoms with Crippen molar-refractivity contribution in [1.82, 2.24) is 5.32 Å². The Balaban J connectivity index is 1.91. The van der Waals surface area contributed by atoms with E-state index in [0.29, 0.717) is 6.54 Å². The highest BCUT2D eigenvalue weighted by Crippen LogP contribution is 2.27. The number of ether oxygens (including phenoxy) is 1. The van der Waals surface area contributed by atoms with Gasteiger partial charge in [0.1, 0.15) is 11.9 Å². The summed E-state index contributed by atoms with van der Waals surface area (Å²) in [6, 6.07) is 8.00. The summed E-state index contributed by atoms with van der Waals surface area (Å²) in [6.45, 7) is 4.17. The van der Waals surface area contributed by atoms with Crippen LogP contribution in [0, 0.1) is 0 Å². The molecule has 1 atom stereocenters. The van der Waals surface area contributed by atoms with E-state index in [-0.39, 0.29) is 12.0 Å². The first-order valence-electron chi connectivity index (χ1n) is 5.78. The summed E-state index contributed by atoms with van der Waals surface area (Å²) >= 11 is 0. The first-order valence-corrected chi connectivity index (χ1v) is 5.78. The second kappa shape index (κ2) is 4.37. The van der Waals surface area contributed by atoms with Gasteiger partial charge in [-0.2, -0.15) is 0 Å². The number of hydrogen-bond acceptors (Lipinski definition) is 3. The van der Waals surface area contributed by atoms with E-state index in [1.165, 1.54) is 5.56 Å². The van der Waals surface area contributed by atoms with E-state index < -0.39 is 5.54 Å². The van der Waals surface area contributed by atoms with Gasteiger partial charge in [0.2, 0.25) is 5.91 Å². The number of para-hydroxylation sites is 1. The number of carbonyl (C=O) groups excluding carboxylic acids is 1. The van der Waals surface area contributed by atoms with Crippen LogP contribution in [0.1, 0.15) is 19.4 Å². The maximum absolute atomic E-state index is 11.2. The van der Waals surface area contributed by atoms with Gasteiger partial charge >= 0.3 is 0 Å². The lowest BCUT2D eigenvalue weighted by Crippen LogP contribution is -2.53. The third-order valence-electron chi connectivity index (χ3n) is 3.10. The summed E-state index contributed by atoms with van der Waals surface area (Å²) < 4.78 is 5.77. The molecule has 92 valence electrons. The first-order chi connectivity index (χ1) is 7.99. The number of primary amides is 1. The van der Waals surface area contributed by atoms with Gasteiger partial charge in [0.15, 0.2) is 0 Å². The largest absolute Gasteiger partial charge is 0.488 e. The van der Waals surface area contributed by atoms with E-state index in [0.717, 1.165) is 12.2 Å². The molecule has 1 aliphatic rings. The fourth-order valence-electron chi connectivity index (χ4n) is 1.82. The van der Waals surface area contributed by atoms with Gasteiger partial charge in [-0.25, -0.2) is 0 Å². The number of nitrogens with one attached hydrogen (secondary N) is 1. The molecule has 1 heterocycles. The van der Waals surface area contributed by atoms with Crippen molar-refractivity contribution in [3.8, 4) is 5.75 Å². The van der Waals surface area contributed by atoms with Crippen molar-refractivity contribution in [3.05, 3.63) is 29.8 Å². The predicted octanol–water partition coefficient (Wildman–Crippen LogP) is 0.844. The van der Waals surface area contributed by atoms with Crippen LogP contribution in [0.25, 0.3) is 0 Å². The van der Waals surface area contributed by atoms with E-state index in [9.17, 15) is 4.79 Å². The molecule has 0 bridgehead atoms. The zero-order valence-electron chi connectivity index (χ0n) is 10.2. The second-order valence-electron chi connectivity index (χ2n) is 4.92. The van der Waals surface area contributed by atoms with E-state index >= 15 is 0 Å². The van der Waals surface area contributed by atoms with Gasteiger partial charge < -0.3 is 15.8 Å². The molecule has 1 aliphatic heterocycles. The average Bonchev–Trinajstić information content (AvgIpc) is 2.69. The van der Waals surface area contributed by atoms with Gasteiger partial charge in [-0.3, -0.25) is 4.79 Å². The van der Waals surface area contributed by atoms with Crippen molar-refractivity contribution in [2.24, 2.45) is 5.73 Å². The molecule has 0 aliphatic carbocycles. The van der Waals surface area contributed by atoms with Gasteiger partial charge in [-0.05, 0) is 25.5 Å². The lowest BCUT2D eigenvalue weighted by molar-refractivity contribution is -0.123. The highest BCUT2D eigenvalue weighted by atomic mass is 16.5. The summed E-state index contributed by atoms with van der Waals surface area (Å²) in [7, 11) is 0. The van der Waals surface area contributed by atoms with Crippen LogP contribution in [0.3, 0.4) is 0 Å². The van der Waals surface area contributed by atoms with Gasteiger partial charge in [-0.1, -0.05) is 18.2 Å². The Morgan fingerprint density at radius 1 is 1.53 bits per heavy atom. The van der Waals surface area contributed by atoms with Crippen LogP contribution in [0.4, 0.5) is 0 Å². The summed E-state index contributed by atoms with van der Waals surface area (Å²) in [5.41, 5.74) is 5.82. The molecule has 0 spiro atoms. The standard InChI is InChI=1S/C13H18N2O2/c1-13(2,12(14)16)15-8-10-7-9-5-3-4-6-11(9)17-10/h3-6,10,15H,7-8H2,1-2H3,(H2,14,16). The highest BCUT2D eigenvalue weighted by molar-refractivity contribution is 5.83. The van der Waals surface area contributed by atoms with Crippen molar-refractivity contribution in [3.63, 3.8) is 0 Å². The van der Waals surface area contributed by atoms with E-state index in [1.807, 2.05) is 18.2 Å². The number of rotatable bonds is 4. The number of carbonyl (C=O) groups is 1. The molecule has 4 heteroatoms. The quantitative estimate of drug-likeness (QED) is 0.811. The minimum atomic E-state index is -0.696. The molecule has 0 fully saturated rings. The monoisotopic (exact) mass is 234 g/mol. The van der Waals surface area contributed by atoms with Crippen LogP contribution in [-0.2, 0) is 11.2 Å². The molecule has 17 heavy (non-hydrogen) atoms. The zero-order valence-corrected chi connectivity index (χ0v) is 10.2. The SMILES string of the molecule is CC(C)(NCC1Cc2ccccc2O1)C(N)=O. The number of nitrogens with two attached hydrogens (primary N) is 1. The van der Waals surface area contributed by atoms with Gasteiger partial charge in [0.05, 0.1) is 5.54 Å². The van der Waals surface area contributed by atoms with Crippen molar-refractivity contribution < 1.29 is 9.53 Å². The Morgan fingerprint density at radius 3 is 2.88 bits per heavy atom. The molecular formula is C13H18N2O2. The number of benzene rings is 1. The molecule has 0 aromatic heterocycles.